The van der Waals surface area contributed by atoms with Crippen molar-refractivity contribution in [3.05, 3.63) is 33.1 Å². The molecule has 0 amide bonds. The van der Waals surface area contributed by atoms with Crippen LogP contribution in [0.5, 0.6) is 0 Å². The summed E-state index contributed by atoms with van der Waals surface area (Å²) in [5.41, 5.74) is 3.77. The first kappa shape index (κ1) is 32.9. The highest BCUT2D eigenvalue weighted by Crippen LogP contribution is 2.32. The Balaban J connectivity index is -0.000000709. The molecule has 1 aliphatic heterocycles. The van der Waals surface area contributed by atoms with Crippen molar-refractivity contribution in [1.29, 1.82) is 0 Å². The van der Waals surface area contributed by atoms with Crippen molar-refractivity contribution in [2.75, 3.05) is 27.1 Å². The highest BCUT2D eigenvalue weighted by atomic mass is 35.5. The van der Waals surface area contributed by atoms with Gasteiger partial charge in [-0.05, 0) is 12.8 Å². The predicted octanol–water partition coefficient (Wildman–Crippen LogP) is -1.16. The van der Waals surface area contributed by atoms with E-state index in [1.54, 1.807) is 0 Å². The topological polar surface area (TPSA) is 197 Å². The number of alkyl halides is 1. The van der Waals surface area contributed by atoms with Gasteiger partial charge in [0.05, 0.1) is 6.54 Å². The molecule has 2 unspecified atom stereocenters. The number of halogens is 1. The maximum atomic E-state index is 11.6. The smallest absolute Gasteiger partial charge is 0.352 e. The number of rotatable bonds is 4. The van der Waals surface area contributed by atoms with Crippen molar-refractivity contribution in [1.82, 2.24) is 9.55 Å². The molecule has 1 aromatic heterocycles. The van der Waals surface area contributed by atoms with Gasteiger partial charge in [-0.25, -0.2) is 4.79 Å². The molecule has 1 aromatic rings. The molecule has 0 aliphatic carbocycles. The maximum absolute atomic E-state index is 11.6. The highest BCUT2D eigenvalue weighted by molar-refractivity contribution is 6.15. The third-order valence-electron chi connectivity index (χ3n) is 3.01. The van der Waals surface area contributed by atoms with Gasteiger partial charge in [-0.3, -0.25) is 19.1 Å². The van der Waals surface area contributed by atoms with Gasteiger partial charge in [-0.15, -0.1) is 11.6 Å². The van der Waals surface area contributed by atoms with E-state index in [0.29, 0.717) is 0 Å². The van der Waals surface area contributed by atoms with E-state index < -0.39 is 42.1 Å². The number of esters is 1. The van der Waals surface area contributed by atoms with Gasteiger partial charge in [0.2, 0.25) is 0 Å². The van der Waals surface area contributed by atoms with E-state index in [-0.39, 0.29) is 12.8 Å². The lowest BCUT2D eigenvalue weighted by Crippen LogP contribution is -2.47. The van der Waals surface area contributed by atoms with Crippen LogP contribution in [0.15, 0.2) is 21.9 Å². The van der Waals surface area contributed by atoms with Gasteiger partial charge in [0.15, 0.2) is 6.10 Å². The van der Waals surface area contributed by atoms with Crippen molar-refractivity contribution >= 4 is 17.6 Å². The third kappa shape index (κ3) is 12.0. The van der Waals surface area contributed by atoms with E-state index >= 15 is 0 Å². The van der Waals surface area contributed by atoms with Crippen LogP contribution >= 0.6 is 11.6 Å². The largest absolute Gasteiger partial charge is 0.405 e. The molecule has 0 saturated carbocycles. The van der Waals surface area contributed by atoms with Crippen LogP contribution in [0.25, 0.3) is 0 Å². The molecular formula is C17H34ClN3O9. The predicted molar refractivity (Wildman–Crippen MR) is 111 cm³/mol. The quantitative estimate of drug-likeness (QED) is 0.181. The summed E-state index contributed by atoms with van der Waals surface area (Å²) in [5, 5.41) is 33.4. The number of ether oxygens (including phenoxy) is 2. The molecule has 0 radical (unpaired) electrons. The van der Waals surface area contributed by atoms with E-state index in [1.165, 1.54) is 19.0 Å². The standard InChI is InChI=1S/C11H15N3O7.C3H8.CH3Cl.2CH4O/c12-5-9(16)21-11(18,19)6-1-2-8(20-6)14-4-3-7(15)13-10(14)17;1-3-2;3*1-2/h3-4,6,8,18-19H,1-2,5,12H2,(H,13,15,17);3H2,1-2H3;1H3;2*2H,1H3. The lowest BCUT2D eigenvalue weighted by atomic mass is 10.2. The molecule has 0 spiro atoms. The minimum absolute atomic E-state index is 0.126. The SMILES string of the molecule is CCC.CCl.CO.CO.NCC(=O)OC(O)(O)C1CCC(n2ccc(=O)[nH]c2=O)O1. The molecule has 12 nitrogen and oxygen atoms in total. The summed E-state index contributed by atoms with van der Waals surface area (Å²) in [6.07, 6.45) is 2.29. The monoisotopic (exact) mass is 459 g/mol. The Morgan fingerprint density at radius 1 is 1.27 bits per heavy atom. The second-order valence-electron chi connectivity index (χ2n) is 5.22. The Labute approximate surface area is 179 Å². The van der Waals surface area contributed by atoms with Crippen LogP contribution in [0.4, 0.5) is 0 Å². The summed E-state index contributed by atoms with van der Waals surface area (Å²) in [4.78, 5) is 35.6. The number of aliphatic hydroxyl groups is 4. The molecule has 0 bridgehead atoms. The molecule has 2 rings (SSSR count). The van der Waals surface area contributed by atoms with Gasteiger partial charge in [0.25, 0.3) is 5.56 Å². The number of H-pyrrole nitrogens is 1. The number of aliphatic hydroxyl groups excluding tert-OH is 2. The van der Waals surface area contributed by atoms with Gasteiger partial charge in [0, 0.05) is 32.9 Å². The summed E-state index contributed by atoms with van der Waals surface area (Å²) < 4.78 is 10.8. The average molecular weight is 460 g/mol. The first-order chi connectivity index (χ1) is 14.2. The van der Waals surface area contributed by atoms with Crippen LogP contribution in [-0.2, 0) is 14.3 Å². The van der Waals surface area contributed by atoms with Crippen LogP contribution in [0.2, 0.25) is 0 Å². The number of nitrogens with two attached hydrogens (primary N) is 1. The Bertz CT molecular complexity index is 664. The zero-order chi connectivity index (χ0) is 24.3. The number of aromatic nitrogens is 2. The van der Waals surface area contributed by atoms with Gasteiger partial charge in [-0.1, -0.05) is 20.3 Å². The fourth-order valence-corrected chi connectivity index (χ4v) is 2.03. The maximum Gasteiger partial charge on any atom is 0.352 e. The summed E-state index contributed by atoms with van der Waals surface area (Å²) in [5.74, 6) is -3.84. The number of carbonyl (C=O) groups excluding carboxylic acids is 1. The second kappa shape index (κ2) is 19.2. The highest BCUT2D eigenvalue weighted by Gasteiger charge is 2.45. The molecule has 0 aromatic carbocycles. The fraction of sp³-hybridized carbons (Fsp3) is 0.706. The van der Waals surface area contributed by atoms with Crippen molar-refractivity contribution in [2.24, 2.45) is 5.73 Å². The van der Waals surface area contributed by atoms with E-state index in [0.717, 1.165) is 24.9 Å². The van der Waals surface area contributed by atoms with Gasteiger partial charge in [0.1, 0.15) is 6.23 Å². The van der Waals surface area contributed by atoms with Crippen molar-refractivity contribution in [3.8, 4) is 0 Å². The first-order valence-corrected chi connectivity index (χ1v) is 9.61. The Hall–Kier alpha value is -1.80. The molecule has 178 valence electrons. The van der Waals surface area contributed by atoms with Crippen molar-refractivity contribution < 1.29 is 34.7 Å². The lowest BCUT2D eigenvalue weighted by Gasteiger charge is -2.27. The molecule has 2 heterocycles. The zero-order valence-corrected chi connectivity index (χ0v) is 18.6. The average Bonchev–Trinajstić information content (AvgIpc) is 3.24. The molecule has 2 atom stereocenters. The zero-order valence-electron chi connectivity index (χ0n) is 17.9. The molecule has 13 heteroatoms. The minimum atomic E-state index is -2.84. The normalized spacial score (nSPS) is 16.8. The van der Waals surface area contributed by atoms with Crippen LogP contribution in [-0.4, -0.2) is 75.2 Å². The van der Waals surface area contributed by atoms with Crippen LogP contribution in [0.1, 0.15) is 39.3 Å². The van der Waals surface area contributed by atoms with E-state index in [1.807, 2.05) is 0 Å². The number of aromatic amines is 1. The van der Waals surface area contributed by atoms with Crippen molar-refractivity contribution in [3.63, 3.8) is 0 Å². The number of nitrogens with one attached hydrogen (secondary N) is 1. The lowest BCUT2D eigenvalue weighted by molar-refractivity contribution is -0.362. The third-order valence-corrected chi connectivity index (χ3v) is 3.01. The number of nitrogens with zero attached hydrogens (tertiary/aromatic N) is 1. The summed E-state index contributed by atoms with van der Waals surface area (Å²) in [7, 11) is 2.00. The van der Waals surface area contributed by atoms with Crippen LogP contribution < -0.4 is 17.0 Å². The number of hydrogen-bond acceptors (Lipinski definition) is 10. The van der Waals surface area contributed by atoms with Gasteiger partial charge >= 0.3 is 17.6 Å². The molecule has 1 fully saturated rings. The summed E-state index contributed by atoms with van der Waals surface area (Å²) in [6, 6.07) is 1.14. The first-order valence-electron chi connectivity index (χ1n) is 8.85. The second-order valence-corrected chi connectivity index (χ2v) is 5.22. The van der Waals surface area contributed by atoms with E-state index in [2.05, 4.69) is 35.2 Å². The Morgan fingerprint density at radius 3 is 2.20 bits per heavy atom. The van der Waals surface area contributed by atoms with E-state index in [4.69, 9.17) is 20.7 Å². The van der Waals surface area contributed by atoms with E-state index in [9.17, 15) is 24.6 Å². The molecule has 7 N–H and O–H groups in total. The van der Waals surface area contributed by atoms with Gasteiger partial charge < -0.3 is 35.6 Å². The Morgan fingerprint density at radius 2 is 1.77 bits per heavy atom. The minimum Gasteiger partial charge on any atom is -0.405 e. The molecular weight excluding hydrogens is 426 g/mol. The molecule has 30 heavy (non-hydrogen) atoms. The molecule has 1 aliphatic rings. The Kier molecular flexibility index (Phi) is 21.0. The summed E-state index contributed by atoms with van der Waals surface area (Å²) >= 11 is 4.64. The van der Waals surface area contributed by atoms with Crippen LogP contribution in [0.3, 0.4) is 0 Å². The summed E-state index contributed by atoms with van der Waals surface area (Å²) in [6.45, 7) is 3.73. The van der Waals surface area contributed by atoms with Crippen LogP contribution in [0, 0.1) is 0 Å². The number of carbonyl (C=O) groups is 1. The fourth-order valence-electron chi connectivity index (χ4n) is 2.03. The molecule has 1 saturated heterocycles. The van der Waals surface area contributed by atoms with Gasteiger partial charge in [-0.2, -0.15) is 0 Å². The van der Waals surface area contributed by atoms with Crippen molar-refractivity contribution in [2.45, 2.75) is 51.4 Å². The number of hydrogen-bond donors (Lipinski definition) is 6.